The Bertz CT molecular complexity index is 668. The summed E-state index contributed by atoms with van der Waals surface area (Å²) in [4.78, 5) is 4.92. The van der Waals surface area contributed by atoms with Gasteiger partial charge in [0.15, 0.2) is 5.96 Å². The molecule has 5 nitrogen and oxygen atoms in total. The van der Waals surface area contributed by atoms with Crippen molar-refractivity contribution in [3.8, 4) is 0 Å². The van der Waals surface area contributed by atoms with Gasteiger partial charge in [0.2, 0.25) is 0 Å². The highest BCUT2D eigenvalue weighted by molar-refractivity contribution is 14.0. The molecule has 3 rings (SSSR count). The maximum Gasteiger partial charge on any atom is 0.191 e. The molecule has 0 aromatic heterocycles. The van der Waals surface area contributed by atoms with Crippen molar-refractivity contribution < 1.29 is 9.84 Å². The molecule has 1 aliphatic carbocycles. The molecule has 1 saturated carbocycles. The lowest BCUT2D eigenvalue weighted by Crippen LogP contribution is -2.47. The summed E-state index contributed by atoms with van der Waals surface area (Å²) in [6.07, 6.45) is 8.11. The van der Waals surface area contributed by atoms with Gasteiger partial charge < -0.3 is 20.5 Å². The Morgan fingerprint density at radius 3 is 2.53 bits per heavy atom. The normalized spacial score (nSPS) is 23.6. The van der Waals surface area contributed by atoms with Crippen LogP contribution in [0, 0.1) is 12.3 Å². The second kappa shape index (κ2) is 12.2. The molecule has 1 atom stereocenters. The number of hydrogen-bond donors (Lipinski definition) is 3. The molecule has 30 heavy (non-hydrogen) atoms. The zero-order valence-corrected chi connectivity index (χ0v) is 21.0. The van der Waals surface area contributed by atoms with E-state index in [0.717, 1.165) is 38.5 Å². The maximum absolute atomic E-state index is 9.48. The number of aliphatic imine (C=N–C) groups is 1. The second-order valence-electron chi connectivity index (χ2n) is 8.98. The molecular weight excluding hydrogens is 489 g/mol. The van der Waals surface area contributed by atoms with Crippen LogP contribution in [0.2, 0.25) is 0 Å². The lowest BCUT2D eigenvalue weighted by molar-refractivity contribution is 0.131. The summed E-state index contributed by atoms with van der Waals surface area (Å²) in [5.41, 5.74) is 3.04. The number of nitrogens with zero attached hydrogens (tertiary/aromatic N) is 1. The van der Waals surface area contributed by atoms with Crippen LogP contribution in [0.4, 0.5) is 0 Å². The van der Waals surface area contributed by atoms with Gasteiger partial charge in [-0.25, -0.2) is 0 Å². The van der Waals surface area contributed by atoms with E-state index in [4.69, 9.17) is 9.73 Å². The molecular formula is C24H40IN3O2. The zero-order valence-electron chi connectivity index (χ0n) is 18.7. The largest absolute Gasteiger partial charge is 0.396 e. The predicted octanol–water partition coefficient (Wildman–Crippen LogP) is 4.16. The Labute approximate surface area is 199 Å². The molecule has 2 fully saturated rings. The van der Waals surface area contributed by atoms with Gasteiger partial charge in [-0.15, -0.1) is 24.0 Å². The van der Waals surface area contributed by atoms with E-state index in [1.807, 2.05) is 0 Å². The Hall–Kier alpha value is -0.860. The van der Waals surface area contributed by atoms with Gasteiger partial charge in [0, 0.05) is 37.1 Å². The number of aliphatic hydroxyl groups is 1. The number of nitrogens with one attached hydrogen (secondary N) is 2. The van der Waals surface area contributed by atoms with Gasteiger partial charge in [0.25, 0.3) is 0 Å². The van der Waals surface area contributed by atoms with Crippen LogP contribution in [0.5, 0.6) is 0 Å². The average molecular weight is 530 g/mol. The Morgan fingerprint density at radius 2 is 1.90 bits per heavy atom. The molecule has 0 bridgehead atoms. The van der Waals surface area contributed by atoms with Crippen molar-refractivity contribution in [2.45, 2.75) is 64.2 Å². The van der Waals surface area contributed by atoms with E-state index >= 15 is 0 Å². The summed E-state index contributed by atoms with van der Waals surface area (Å²) < 4.78 is 5.63. The van der Waals surface area contributed by atoms with Crippen molar-refractivity contribution in [1.29, 1.82) is 0 Å². The van der Waals surface area contributed by atoms with Crippen molar-refractivity contribution in [1.82, 2.24) is 10.6 Å². The van der Waals surface area contributed by atoms with Crippen LogP contribution < -0.4 is 10.6 Å². The van der Waals surface area contributed by atoms with Gasteiger partial charge >= 0.3 is 0 Å². The first-order valence-electron chi connectivity index (χ1n) is 11.4. The van der Waals surface area contributed by atoms with E-state index < -0.39 is 0 Å². The molecule has 170 valence electrons. The number of guanidine groups is 1. The minimum Gasteiger partial charge on any atom is -0.396 e. The van der Waals surface area contributed by atoms with Gasteiger partial charge in [-0.2, -0.15) is 0 Å². The third-order valence-electron chi connectivity index (χ3n) is 6.87. The summed E-state index contributed by atoms with van der Waals surface area (Å²) in [5, 5.41) is 16.6. The number of halogens is 1. The molecule has 2 aliphatic rings. The molecule has 6 heteroatoms. The highest BCUT2D eigenvalue weighted by Gasteiger charge is 2.36. The van der Waals surface area contributed by atoms with Gasteiger partial charge in [0.1, 0.15) is 0 Å². The fraction of sp³-hybridized carbons (Fsp3) is 0.708. The SMILES string of the molecule is CCNC(=NCC1(CCO)CCOC1)NCC1(c2ccccc2C)CCCCC1.I. The van der Waals surface area contributed by atoms with Gasteiger partial charge in [-0.3, -0.25) is 4.99 Å². The van der Waals surface area contributed by atoms with Crippen molar-refractivity contribution in [2.75, 3.05) is 39.5 Å². The maximum atomic E-state index is 9.48. The molecule has 1 aromatic carbocycles. The molecule has 1 heterocycles. The minimum atomic E-state index is -0.0182. The Morgan fingerprint density at radius 1 is 1.13 bits per heavy atom. The van der Waals surface area contributed by atoms with E-state index in [0.29, 0.717) is 13.2 Å². The third kappa shape index (κ3) is 6.33. The molecule has 3 N–H and O–H groups in total. The summed E-state index contributed by atoms with van der Waals surface area (Å²) >= 11 is 0. The number of rotatable bonds is 8. The number of ether oxygens (including phenoxy) is 1. The highest BCUT2D eigenvalue weighted by atomic mass is 127. The molecule has 0 radical (unpaired) electrons. The van der Waals surface area contributed by atoms with Crippen LogP contribution in [-0.2, 0) is 10.2 Å². The van der Waals surface area contributed by atoms with Gasteiger partial charge in [0.05, 0.1) is 13.2 Å². The lowest BCUT2D eigenvalue weighted by atomic mass is 9.68. The fourth-order valence-corrected chi connectivity index (χ4v) is 5.07. The van der Waals surface area contributed by atoms with Crippen molar-refractivity contribution >= 4 is 29.9 Å². The standard InChI is InChI=1S/C24H39N3O2.HI/c1-3-25-22(26-17-23(13-15-28)14-16-29-19-23)27-18-24(11-7-4-8-12-24)21-10-6-5-9-20(21)2;/h5-6,9-10,28H,3-4,7-8,11-19H2,1-2H3,(H2,25,26,27);1H. The number of hydrogen-bond acceptors (Lipinski definition) is 3. The monoisotopic (exact) mass is 529 g/mol. The van der Waals surface area contributed by atoms with Crippen LogP contribution in [0.1, 0.15) is 63.0 Å². The molecule has 1 aliphatic heterocycles. The molecule has 1 aromatic rings. The van der Waals surface area contributed by atoms with E-state index in [1.54, 1.807) is 0 Å². The van der Waals surface area contributed by atoms with Crippen LogP contribution >= 0.6 is 24.0 Å². The smallest absolute Gasteiger partial charge is 0.191 e. The number of aliphatic hydroxyl groups excluding tert-OH is 1. The van der Waals surface area contributed by atoms with Crippen LogP contribution in [0.25, 0.3) is 0 Å². The molecule has 1 unspecified atom stereocenters. The van der Waals surface area contributed by atoms with Gasteiger partial charge in [-0.05, 0) is 50.7 Å². The summed E-state index contributed by atoms with van der Waals surface area (Å²) in [6, 6.07) is 8.87. The molecule has 0 spiro atoms. The van der Waals surface area contributed by atoms with Gasteiger partial charge in [-0.1, -0.05) is 43.5 Å². The quantitative estimate of drug-likeness (QED) is 0.269. The van der Waals surface area contributed by atoms with E-state index in [2.05, 4.69) is 48.7 Å². The van der Waals surface area contributed by atoms with E-state index in [1.165, 1.54) is 43.2 Å². The summed E-state index contributed by atoms with van der Waals surface area (Å²) in [5.74, 6) is 0.884. The third-order valence-corrected chi connectivity index (χ3v) is 6.87. The van der Waals surface area contributed by atoms with E-state index in [9.17, 15) is 5.11 Å². The topological polar surface area (TPSA) is 65.9 Å². The Kier molecular flexibility index (Phi) is 10.4. The van der Waals surface area contributed by atoms with Crippen LogP contribution in [-0.4, -0.2) is 50.5 Å². The van der Waals surface area contributed by atoms with Crippen LogP contribution in [0.3, 0.4) is 0 Å². The highest BCUT2D eigenvalue weighted by Crippen LogP contribution is 2.40. The first kappa shape index (κ1) is 25.4. The number of aryl methyl sites for hydroxylation is 1. The summed E-state index contributed by atoms with van der Waals surface area (Å²) in [6.45, 7) is 8.46. The van der Waals surface area contributed by atoms with Crippen molar-refractivity contribution in [3.05, 3.63) is 35.4 Å². The van der Waals surface area contributed by atoms with E-state index in [-0.39, 0.29) is 41.4 Å². The Balaban J connectivity index is 0.00000320. The predicted molar refractivity (Wildman–Crippen MR) is 135 cm³/mol. The first-order valence-corrected chi connectivity index (χ1v) is 11.4. The average Bonchev–Trinajstić information content (AvgIpc) is 3.20. The number of benzene rings is 1. The van der Waals surface area contributed by atoms with Crippen molar-refractivity contribution in [3.63, 3.8) is 0 Å². The second-order valence-corrected chi connectivity index (χ2v) is 8.98. The zero-order chi connectivity index (χ0) is 20.6. The summed E-state index contributed by atoms with van der Waals surface area (Å²) in [7, 11) is 0. The molecule has 0 amide bonds. The van der Waals surface area contributed by atoms with Crippen LogP contribution in [0.15, 0.2) is 29.3 Å². The molecule has 1 saturated heterocycles. The first-order chi connectivity index (χ1) is 14.1. The fourth-order valence-electron chi connectivity index (χ4n) is 5.07. The minimum absolute atomic E-state index is 0. The lowest BCUT2D eigenvalue weighted by Gasteiger charge is -2.39. The van der Waals surface area contributed by atoms with Crippen molar-refractivity contribution in [2.24, 2.45) is 10.4 Å².